The summed E-state index contributed by atoms with van der Waals surface area (Å²) in [6.07, 6.45) is 5.61. The lowest BCUT2D eigenvalue weighted by Gasteiger charge is -2.38. The molecule has 164 valence electrons. The van der Waals surface area contributed by atoms with Crippen LogP contribution in [-0.2, 0) is 14.8 Å². The molecule has 3 aliphatic heterocycles. The van der Waals surface area contributed by atoms with Crippen molar-refractivity contribution < 1.29 is 18.0 Å². The van der Waals surface area contributed by atoms with Gasteiger partial charge < -0.3 is 0 Å². The van der Waals surface area contributed by atoms with Crippen molar-refractivity contribution in [3.8, 4) is 0 Å². The maximum Gasteiger partial charge on any atom is 0.352 e. The third-order valence-corrected chi connectivity index (χ3v) is 8.65. The molecule has 0 bridgehead atoms. The van der Waals surface area contributed by atoms with E-state index in [-0.39, 0.29) is 30.9 Å². The van der Waals surface area contributed by atoms with Crippen LogP contribution in [0.1, 0.15) is 35.1 Å². The molecule has 31 heavy (non-hydrogen) atoms. The van der Waals surface area contributed by atoms with Crippen LogP contribution < -0.4 is 0 Å². The summed E-state index contributed by atoms with van der Waals surface area (Å²) in [6, 6.07) is 1.01. The third-order valence-electron chi connectivity index (χ3n) is 6.48. The van der Waals surface area contributed by atoms with Crippen LogP contribution in [0.5, 0.6) is 0 Å². The highest BCUT2D eigenvalue weighted by atomic mass is 32.2. The Bertz CT molecular complexity index is 1130. The number of aliphatic imine (C=N–C) groups is 2. The Hall–Kier alpha value is -2.65. The normalized spacial score (nSPS) is 22.6. The Morgan fingerprint density at radius 1 is 1.00 bits per heavy atom. The van der Waals surface area contributed by atoms with Crippen molar-refractivity contribution in [2.45, 2.75) is 51.5 Å². The number of allylic oxidation sites excluding steroid dienone is 1. The smallest absolute Gasteiger partial charge is 0.273 e. The largest absolute Gasteiger partial charge is 0.352 e. The van der Waals surface area contributed by atoms with Crippen molar-refractivity contribution >= 4 is 34.0 Å². The van der Waals surface area contributed by atoms with Crippen LogP contribution in [0.4, 0.5) is 4.79 Å². The number of urea groups is 1. The van der Waals surface area contributed by atoms with E-state index in [1.165, 1.54) is 15.4 Å². The number of hydrogen-bond acceptors (Lipinski definition) is 5. The number of aryl methyl sites for hydroxylation is 2. The van der Waals surface area contributed by atoms with Gasteiger partial charge in [0.1, 0.15) is 11.8 Å². The standard InChI is InChI=1S/C22H26N4O4S/c1-13-12-14(2)16(4)19(15(13)3)31(29,30)25-10-7-17(8-11-25)26-21(27)18-6-5-9-23-20(18)24-22(26)28/h5-6,9,12,17-18H,7-8,10-11H2,1-4H3. The molecule has 3 aliphatic rings. The Labute approximate surface area is 182 Å². The van der Waals surface area contributed by atoms with E-state index in [0.29, 0.717) is 17.7 Å². The Morgan fingerprint density at radius 3 is 2.23 bits per heavy atom. The first kappa shape index (κ1) is 21.6. The van der Waals surface area contributed by atoms with Gasteiger partial charge in [-0.1, -0.05) is 12.1 Å². The van der Waals surface area contributed by atoms with Gasteiger partial charge in [-0.05, 0) is 68.9 Å². The summed E-state index contributed by atoms with van der Waals surface area (Å²) in [4.78, 5) is 35.0. The van der Waals surface area contributed by atoms with Gasteiger partial charge in [-0.3, -0.25) is 9.69 Å². The number of nitrogens with zero attached hydrogens (tertiary/aromatic N) is 4. The summed E-state index contributed by atoms with van der Waals surface area (Å²) in [5.41, 5.74) is 3.41. The second-order valence-corrected chi connectivity index (χ2v) is 10.2. The molecule has 1 fully saturated rings. The fourth-order valence-electron chi connectivity index (χ4n) is 4.51. The highest BCUT2D eigenvalue weighted by molar-refractivity contribution is 7.89. The molecule has 1 saturated heterocycles. The topological polar surface area (TPSA) is 99.5 Å². The van der Waals surface area contributed by atoms with Crippen LogP contribution >= 0.6 is 0 Å². The zero-order valence-electron chi connectivity index (χ0n) is 18.1. The van der Waals surface area contributed by atoms with E-state index in [4.69, 9.17) is 0 Å². The predicted molar refractivity (Wildman–Crippen MR) is 118 cm³/mol. The predicted octanol–water partition coefficient (Wildman–Crippen LogP) is 2.69. The molecule has 1 aromatic carbocycles. The van der Waals surface area contributed by atoms with Crippen molar-refractivity contribution in [2.75, 3.05) is 13.1 Å². The summed E-state index contributed by atoms with van der Waals surface area (Å²) in [6.45, 7) is 7.99. The SMILES string of the molecule is Cc1cc(C)c(C)c(S(=O)(=O)N2CCC(N3C(=O)N=C4N=CC=CC4C3=O)CC2)c1C. The summed E-state index contributed by atoms with van der Waals surface area (Å²) in [5, 5.41) is 0. The van der Waals surface area contributed by atoms with Gasteiger partial charge in [0.05, 0.1) is 4.90 Å². The fraction of sp³-hybridized carbons (Fsp3) is 0.455. The number of benzene rings is 1. The molecule has 8 nitrogen and oxygen atoms in total. The molecule has 0 radical (unpaired) electrons. The van der Waals surface area contributed by atoms with E-state index in [1.807, 2.05) is 33.8 Å². The molecule has 9 heteroatoms. The molecule has 0 N–H and O–H groups in total. The third kappa shape index (κ3) is 3.55. The lowest BCUT2D eigenvalue weighted by molar-refractivity contribution is -0.131. The minimum atomic E-state index is -3.68. The van der Waals surface area contributed by atoms with Crippen LogP contribution in [0.15, 0.2) is 33.1 Å². The van der Waals surface area contributed by atoms with Gasteiger partial charge in [-0.15, -0.1) is 0 Å². The van der Waals surface area contributed by atoms with Crippen LogP contribution in [0.2, 0.25) is 0 Å². The molecule has 1 unspecified atom stereocenters. The lowest BCUT2D eigenvalue weighted by Crippen LogP contribution is -2.54. The number of hydrogen-bond donors (Lipinski definition) is 0. The summed E-state index contributed by atoms with van der Waals surface area (Å²) >= 11 is 0. The number of carbonyl (C=O) groups excluding carboxylic acids is 2. The van der Waals surface area contributed by atoms with Crippen LogP contribution in [0.3, 0.4) is 0 Å². The number of piperidine rings is 1. The minimum Gasteiger partial charge on any atom is -0.273 e. The molecule has 0 aliphatic carbocycles. The van der Waals surface area contributed by atoms with E-state index in [2.05, 4.69) is 9.98 Å². The monoisotopic (exact) mass is 442 g/mol. The van der Waals surface area contributed by atoms with Crippen molar-refractivity contribution in [1.29, 1.82) is 0 Å². The molecule has 1 aromatic rings. The zero-order valence-corrected chi connectivity index (χ0v) is 18.9. The van der Waals surface area contributed by atoms with Gasteiger partial charge in [0.15, 0.2) is 0 Å². The average Bonchev–Trinajstić information content (AvgIpc) is 2.73. The van der Waals surface area contributed by atoms with Crippen LogP contribution in [0, 0.1) is 33.6 Å². The molecular weight excluding hydrogens is 416 g/mol. The Kier molecular flexibility index (Phi) is 5.43. The molecule has 0 saturated carbocycles. The number of sulfonamides is 1. The quantitative estimate of drug-likeness (QED) is 0.718. The minimum absolute atomic E-state index is 0.217. The molecule has 3 amide bonds. The molecular formula is C22H26N4O4S. The lowest BCUT2D eigenvalue weighted by atomic mass is 9.98. The van der Waals surface area contributed by atoms with Gasteiger partial charge >= 0.3 is 6.03 Å². The summed E-state index contributed by atoms with van der Waals surface area (Å²) in [7, 11) is -3.68. The first-order chi connectivity index (χ1) is 14.6. The molecule has 4 rings (SSSR count). The van der Waals surface area contributed by atoms with Gasteiger partial charge in [0, 0.05) is 25.3 Å². The van der Waals surface area contributed by atoms with Crippen molar-refractivity contribution in [2.24, 2.45) is 15.9 Å². The van der Waals surface area contributed by atoms with E-state index in [1.54, 1.807) is 12.2 Å². The Balaban J connectivity index is 1.55. The van der Waals surface area contributed by atoms with Crippen molar-refractivity contribution in [1.82, 2.24) is 9.21 Å². The van der Waals surface area contributed by atoms with Gasteiger partial charge in [-0.2, -0.15) is 9.30 Å². The van der Waals surface area contributed by atoms with E-state index in [0.717, 1.165) is 22.3 Å². The first-order valence-corrected chi connectivity index (χ1v) is 11.8. The van der Waals surface area contributed by atoms with E-state index in [9.17, 15) is 18.0 Å². The number of rotatable bonds is 3. The van der Waals surface area contributed by atoms with E-state index < -0.39 is 22.0 Å². The maximum absolute atomic E-state index is 13.5. The maximum atomic E-state index is 13.5. The van der Waals surface area contributed by atoms with Gasteiger partial charge in [-0.25, -0.2) is 18.2 Å². The van der Waals surface area contributed by atoms with Gasteiger partial charge in [0.2, 0.25) is 15.9 Å². The first-order valence-electron chi connectivity index (χ1n) is 10.4. The highest BCUT2D eigenvalue weighted by Crippen LogP contribution is 2.32. The number of amides is 3. The molecule has 3 heterocycles. The molecule has 0 aromatic heterocycles. The zero-order chi connectivity index (χ0) is 22.5. The number of fused-ring (bicyclic) bond motifs is 1. The number of carbonyl (C=O) groups is 2. The molecule has 0 spiro atoms. The highest BCUT2D eigenvalue weighted by Gasteiger charge is 2.42. The number of dihydropyridines is 1. The number of amidine groups is 1. The molecule has 1 atom stereocenters. The van der Waals surface area contributed by atoms with Crippen LogP contribution in [-0.4, -0.2) is 60.7 Å². The number of imide groups is 1. The second-order valence-electron chi connectivity index (χ2n) is 8.33. The summed E-state index contributed by atoms with van der Waals surface area (Å²) in [5.74, 6) is -0.773. The Morgan fingerprint density at radius 2 is 1.61 bits per heavy atom. The van der Waals surface area contributed by atoms with Crippen LogP contribution in [0.25, 0.3) is 0 Å². The van der Waals surface area contributed by atoms with Gasteiger partial charge in [0.25, 0.3) is 0 Å². The van der Waals surface area contributed by atoms with Crippen molar-refractivity contribution in [3.63, 3.8) is 0 Å². The second kappa shape index (κ2) is 7.80. The fourth-order valence-corrected chi connectivity index (χ4v) is 6.55. The van der Waals surface area contributed by atoms with Crippen molar-refractivity contribution in [3.05, 3.63) is 40.5 Å². The average molecular weight is 443 g/mol. The summed E-state index contributed by atoms with van der Waals surface area (Å²) < 4.78 is 28.4. The van der Waals surface area contributed by atoms with E-state index >= 15 is 0 Å².